The van der Waals surface area contributed by atoms with Crippen molar-refractivity contribution in [3.8, 4) is 0 Å². The van der Waals surface area contributed by atoms with Crippen LogP contribution in [0.3, 0.4) is 0 Å². The summed E-state index contributed by atoms with van der Waals surface area (Å²) in [7, 11) is 0. The van der Waals surface area contributed by atoms with Crippen LogP contribution in [0.4, 0.5) is 10.1 Å². The molecule has 0 spiro atoms. The van der Waals surface area contributed by atoms with Gasteiger partial charge in [0.15, 0.2) is 0 Å². The van der Waals surface area contributed by atoms with E-state index in [1.54, 1.807) is 18.2 Å². The standard InChI is InChI=1S/C9H9FN2O/c10-7-3-1-2-4-8(7)12-6-5-9(13)11-12/h1-4H,5-6H2,(H,11,13). The Morgan fingerprint density at radius 1 is 1.38 bits per heavy atom. The Morgan fingerprint density at radius 2 is 2.15 bits per heavy atom. The molecule has 13 heavy (non-hydrogen) atoms. The molecule has 0 bridgehead atoms. The van der Waals surface area contributed by atoms with Gasteiger partial charge in [0.2, 0.25) is 5.91 Å². The van der Waals surface area contributed by atoms with Crippen LogP contribution in [0.2, 0.25) is 0 Å². The molecule has 1 amide bonds. The summed E-state index contributed by atoms with van der Waals surface area (Å²) in [6.45, 7) is 0.528. The van der Waals surface area contributed by atoms with Crippen molar-refractivity contribution in [1.29, 1.82) is 0 Å². The maximum Gasteiger partial charge on any atom is 0.240 e. The van der Waals surface area contributed by atoms with E-state index in [1.165, 1.54) is 11.1 Å². The highest BCUT2D eigenvalue weighted by Gasteiger charge is 2.20. The molecule has 4 heteroatoms. The summed E-state index contributed by atoms with van der Waals surface area (Å²) in [6.07, 6.45) is 0.425. The van der Waals surface area contributed by atoms with Crippen LogP contribution in [0.5, 0.6) is 0 Å². The Kier molecular flexibility index (Phi) is 1.88. The highest BCUT2D eigenvalue weighted by molar-refractivity contribution is 5.81. The maximum atomic E-state index is 13.2. The Morgan fingerprint density at radius 3 is 2.77 bits per heavy atom. The van der Waals surface area contributed by atoms with E-state index < -0.39 is 0 Å². The fraction of sp³-hybridized carbons (Fsp3) is 0.222. The maximum absolute atomic E-state index is 13.2. The Bertz CT molecular complexity index is 340. The number of benzene rings is 1. The second-order valence-electron chi connectivity index (χ2n) is 2.89. The number of anilines is 1. The first-order valence-corrected chi connectivity index (χ1v) is 4.09. The number of carbonyl (C=O) groups excluding carboxylic acids is 1. The van der Waals surface area contributed by atoms with Gasteiger partial charge in [-0.15, -0.1) is 0 Å². The number of hydrazine groups is 1. The molecule has 3 nitrogen and oxygen atoms in total. The summed E-state index contributed by atoms with van der Waals surface area (Å²) in [4.78, 5) is 10.9. The topological polar surface area (TPSA) is 32.3 Å². The first-order chi connectivity index (χ1) is 6.27. The number of nitrogens with one attached hydrogen (secondary N) is 1. The lowest BCUT2D eigenvalue weighted by molar-refractivity contribution is -0.119. The number of halogens is 1. The summed E-state index contributed by atoms with van der Waals surface area (Å²) in [5, 5.41) is 1.53. The molecule has 0 atom stereocenters. The summed E-state index contributed by atoms with van der Waals surface area (Å²) in [5.74, 6) is -0.382. The van der Waals surface area contributed by atoms with E-state index in [1.807, 2.05) is 0 Å². The van der Waals surface area contributed by atoms with Gasteiger partial charge < -0.3 is 0 Å². The monoisotopic (exact) mass is 180 g/mol. The number of hydrogen-bond donors (Lipinski definition) is 1. The van der Waals surface area contributed by atoms with E-state index in [4.69, 9.17) is 0 Å². The summed E-state index contributed by atoms with van der Waals surface area (Å²) >= 11 is 0. The second-order valence-corrected chi connectivity index (χ2v) is 2.89. The number of carbonyl (C=O) groups is 1. The molecule has 0 saturated carbocycles. The van der Waals surface area contributed by atoms with Gasteiger partial charge in [-0.25, -0.2) is 4.39 Å². The third-order valence-corrected chi connectivity index (χ3v) is 1.97. The first kappa shape index (κ1) is 8.04. The quantitative estimate of drug-likeness (QED) is 0.701. The minimum atomic E-state index is -0.315. The van der Waals surface area contributed by atoms with Crippen molar-refractivity contribution in [2.45, 2.75) is 6.42 Å². The van der Waals surface area contributed by atoms with Gasteiger partial charge in [-0.3, -0.25) is 15.2 Å². The van der Waals surface area contributed by atoms with Gasteiger partial charge in [0, 0.05) is 13.0 Å². The fourth-order valence-electron chi connectivity index (χ4n) is 1.33. The largest absolute Gasteiger partial charge is 0.282 e. The number of rotatable bonds is 1. The van der Waals surface area contributed by atoms with E-state index in [2.05, 4.69) is 5.43 Å². The number of nitrogens with zero attached hydrogens (tertiary/aromatic N) is 1. The van der Waals surface area contributed by atoms with Crippen molar-refractivity contribution in [2.24, 2.45) is 0 Å². The predicted molar refractivity (Wildman–Crippen MR) is 46.5 cm³/mol. The van der Waals surface area contributed by atoms with E-state index in [0.717, 1.165) is 0 Å². The Balaban J connectivity index is 2.26. The van der Waals surface area contributed by atoms with Crippen LogP contribution in [0.1, 0.15) is 6.42 Å². The zero-order chi connectivity index (χ0) is 9.26. The van der Waals surface area contributed by atoms with Gasteiger partial charge in [0.1, 0.15) is 5.82 Å². The van der Waals surface area contributed by atoms with E-state index in [-0.39, 0.29) is 11.7 Å². The van der Waals surface area contributed by atoms with Crippen LogP contribution in [0.15, 0.2) is 24.3 Å². The van der Waals surface area contributed by atoms with Gasteiger partial charge in [-0.05, 0) is 12.1 Å². The summed E-state index contributed by atoms with van der Waals surface area (Å²) < 4.78 is 13.2. The van der Waals surface area contributed by atoms with Gasteiger partial charge in [-0.1, -0.05) is 12.1 Å². The smallest absolute Gasteiger partial charge is 0.240 e. The lowest BCUT2D eigenvalue weighted by atomic mass is 10.3. The van der Waals surface area contributed by atoms with Gasteiger partial charge in [0.05, 0.1) is 5.69 Å². The van der Waals surface area contributed by atoms with Gasteiger partial charge in [0.25, 0.3) is 0 Å². The molecule has 1 aliphatic heterocycles. The number of amides is 1. The normalized spacial score (nSPS) is 16.1. The van der Waals surface area contributed by atoms with E-state index in [9.17, 15) is 9.18 Å². The highest BCUT2D eigenvalue weighted by Crippen LogP contribution is 2.18. The lowest BCUT2D eigenvalue weighted by Crippen LogP contribution is -2.33. The van der Waals surface area contributed by atoms with Crippen LogP contribution in [0.25, 0.3) is 0 Å². The third-order valence-electron chi connectivity index (χ3n) is 1.97. The van der Waals surface area contributed by atoms with E-state index in [0.29, 0.717) is 18.7 Å². The molecule has 1 heterocycles. The molecule has 0 aromatic heterocycles. The predicted octanol–water partition coefficient (Wildman–Crippen LogP) is 1.07. The van der Waals surface area contributed by atoms with Crippen LogP contribution in [-0.2, 0) is 4.79 Å². The molecule has 1 aromatic carbocycles. The minimum Gasteiger partial charge on any atom is -0.282 e. The molecule has 0 aliphatic carbocycles. The molecule has 1 aromatic rings. The van der Waals surface area contributed by atoms with Crippen molar-refractivity contribution in [3.63, 3.8) is 0 Å². The third kappa shape index (κ3) is 1.47. The lowest BCUT2D eigenvalue weighted by Gasteiger charge is -2.17. The molecule has 2 rings (SSSR count). The van der Waals surface area contributed by atoms with Crippen LogP contribution >= 0.6 is 0 Å². The SMILES string of the molecule is O=C1CCN(c2ccccc2F)N1. The zero-order valence-electron chi connectivity index (χ0n) is 6.96. The second kappa shape index (κ2) is 3.05. The highest BCUT2D eigenvalue weighted by atomic mass is 19.1. The summed E-state index contributed by atoms with van der Waals surface area (Å²) in [5.41, 5.74) is 2.99. The van der Waals surface area contributed by atoms with Crippen molar-refractivity contribution in [2.75, 3.05) is 11.6 Å². The van der Waals surface area contributed by atoms with Crippen molar-refractivity contribution < 1.29 is 9.18 Å². The molecule has 1 aliphatic rings. The van der Waals surface area contributed by atoms with Crippen LogP contribution in [-0.4, -0.2) is 12.5 Å². The van der Waals surface area contributed by atoms with Crippen molar-refractivity contribution in [1.82, 2.24) is 5.43 Å². The summed E-state index contributed by atoms with van der Waals surface area (Å²) in [6, 6.07) is 6.38. The molecule has 0 radical (unpaired) electrons. The molecule has 68 valence electrons. The molecular formula is C9H9FN2O. The average Bonchev–Trinajstić information content (AvgIpc) is 2.53. The average molecular weight is 180 g/mol. The molecule has 0 unspecified atom stereocenters. The number of para-hydroxylation sites is 1. The van der Waals surface area contributed by atoms with Crippen molar-refractivity contribution in [3.05, 3.63) is 30.1 Å². The fourth-order valence-corrected chi connectivity index (χ4v) is 1.33. The molecule has 1 saturated heterocycles. The zero-order valence-corrected chi connectivity index (χ0v) is 6.96. The minimum absolute atomic E-state index is 0.0664. The van der Waals surface area contributed by atoms with Crippen LogP contribution in [0, 0.1) is 5.82 Å². The van der Waals surface area contributed by atoms with Gasteiger partial charge >= 0.3 is 0 Å². The Labute approximate surface area is 75.1 Å². The number of hydrogen-bond acceptors (Lipinski definition) is 2. The Hall–Kier alpha value is -1.58. The van der Waals surface area contributed by atoms with Crippen molar-refractivity contribution >= 4 is 11.6 Å². The first-order valence-electron chi connectivity index (χ1n) is 4.09. The van der Waals surface area contributed by atoms with Gasteiger partial charge in [-0.2, -0.15) is 0 Å². The van der Waals surface area contributed by atoms with E-state index >= 15 is 0 Å². The molecular weight excluding hydrogens is 171 g/mol. The van der Waals surface area contributed by atoms with Crippen LogP contribution < -0.4 is 10.4 Å². The molecule has 1 N–H and O–H groups in total. The molecule has 1 fully saturated rings.